The molecule has 23 heavy (non-hydrogen) atoms. The molecule has 1 heterocycles. The number of hydrogen-bond donors (Lipinski definition) is 2. The summed E-state index contributed by atoms with van der Waals surface area (Å²) in [5.74, 6) is 0.613. The second kappa shape index (κ2) is 7.49. The summed E-state index contributed by atoms with van der Waals surface area (Å²) in [6, 6.07) is 8.51. The molecule has 5 heteroatoms. The molecule has 0 spiro atoms. The number of unbranched alkanes of at least 4 members (excludes halogenated alkanes) is 4. The third-order valence-corrected chi connectivity index (χ3v) is 4.16. The van der Waals surface area contributed by atoms with E-state index in [2.05, 4.69) is 41.2 Å². The smallest absolute Gasteiger partial charge is 0.220 e. The maximum atomic E-state index is 6.06. The van der Waals surface area contributed by atoms with Crippen molar-refractivity contribution < 1.29 is 0 Å². The average molecular weight is 315 g/mol. The Morgan fingerprint density at radius 3 is 2.26 bits per heavy atom. The summed E-state index contributed by atoms with van der Waals surface area (Å²) < 4.78 is 0. The molecular weight excluding hydrogens is 286 g/mol. The summed E-state index contributed by atoms with van der Waals surface area (Å²) in [4.78, 5) is 10.4. The molecule has 0 fully saturated rings. The van der Waals surface area contributed by atoms with Crippen molar-refractivity contribution in [1.82, 2.24) is 0 Å². The summed E-state index contributed by atoms with van der Waals surface area (Å²) in [5, 5.41) is 0. The minimum absolute atomic E-state index is 0.229. The van der Waals surface area contributed by atoms with Gasteiger partial charge in [0.2, 0.25) is 11.9 Å². The van der Waals surface area contributed by atoms with Crippen LogP contribution in [0.4, 0.5) is 5.69 Å². The molecule has 0 unspecified atom stereocenters. The van der Waals surface area contributed by atoms with Crippen molar-refractivity contribution in [3.05, 3.63) is 29.8 Å². The van der Waals surface area contributed by atoms with Crippen LogP contribution < -0.4 is 16.4 Å². The van der Waals surface area contributed by atoms with Crippen LogP contribution in [0.5, 0.6) is 0 Å². The van der Waals surface area contributed by atoms with Crippen LogP contribution in [0.25, 0.3) is 0 Å². The Balaban J connectivity index is 2.01. The Kier molecular flexibility index (Phi) is 5.64. The van der Waals surface area contributed by atoms with Gasteiger partial charge >= 0.3 is 0 Å². The largest absolute Gasteiger partial charge is 0.369 e. The van der Waals surface area contributed by atoms with E-state index in [9.17, 15) is 0 Å². The van der Waals surface area contributed by atoms with Crippen LogP contribution in [-0.4, -0.2) is 17.6 Å². The number of anilines is 1. The van der Waals surface area contributed by atoms with Crippen LogP contribution in [0.3, 0.4) is 0 Å². The Bertz CT molecular complexity index is 572. The fraction of sp³-hybridized carbons (Fsp3) is 0.556. The minimum atomic E-state index is -0.530. The van der Waals surface area contributed by atoms with E-state index in [-0.39, 0.29) is 5.96 Å². The fourth-order valence-corrected chi connectivity index (χ4v) is 3.00. The highest BCUT2D eigenvalue weighted by Crippen LogP contribution is 2.27. The van der Waals surface area contributed by atoms with Gasteiger partial charge in [0.15, 0.2) is 0 Å². The van der Waals surface area contributed by atoms with Gasteiger partial charge in [-0.25, -0.2) is 4.99 Å². The molecule has 1 aliphatic rings. The highest BCUT2D eigenvalue weighted by molar-refractivity contribution is 6.05. The molecule has 0 radical (unpaired) electrons. The van der Waals surface area contributed by atoms with Gasteiger partial charge < -0.3 is 11.5 Å². The zero-order valence-corrected chi connectivity index (χ0v) is 14.5. The first kappa shape index (κ1) is 17.3. The molecule has 1 aliphatic heterocycles. The van der Waals surface area contributed by atoms with Crippen LogP contribution in [0.15, 0.2) is 34.3 Å². The molecule has 0 amide bonds. The quantitative estimate of drug-likeness (QED) is 0.757. The molecule has 1 aromatic carbocycles. The number of aryl methyl sites for hydroxylation is 1. The van der Waals surface area contributed by atoms with Crippen LogP contribution in [0.1, 0.15) is 58.4 Å². The minimum Gasteiger partial charge on any atom is -0.369 e. The van der Waals surface area contributed by atoms with E-state index in [1.165, 1.54) is 37.7 Å². The van der Waals surface area contributed by atoms with Gasteiger partial charge in [-0.1, -0.05) is 44.7 Å². The van der Waals surface area contributed by atoms with Crippen LogP contribution in [0.2, 0.25) is 0 Å². The van der Waals surface area contributed by atoms with E-state index in [1.54, 1.807) is 0 Å². The second-order valence-corrected chi connectivity index (χ2v) is 6.60. The second-order valence-electron chi connectivity index (χ2n) is 6.60. The van der Waals surface area contributed by atoms with E-state index in [4.69, 9.17) is 11.5 Å². The molecule has 5 nitrogen and oxygen atoms in total. The first-order chi connectivity index (χ1) is 10.9. The summed E-state index contributed by atoms with van der Waals surface area (Å²) in [5.41, 5.74) is 13.6. The predicted molar refractivity (Wildman–Crippen MR) is 98.7 cm³/mol. The number of nitrogens with zero attached hydrogens (tertiary/aromatic N) is 3. The van der Waals surface area contributed by atoms with E-state index in [0.717, 1.165) is 12.1 Å². The lowest BCUT2D eigenvalue weighted by molar-refractivity contribution is 0.534. The SMILES string of the molecule is CCCCCCCc1ccc(N2C(N)=NC(N)=NC2(C)C)cc1. The van der Waals surface area contributed by atoms with Gasteiger partial charge in [0.1, 0.15) is 5.66 Å². The third kappa shape index (κ3) is 4.47. The normalized spacial score (nSPS) is 16.9. The predicted octanol–water partition coefficient (Wildman–Crippen LogP) is 3.39. The molecule has 0 bridgehead atoms. The topological polar surface area (TPSA) is 80.0 Å². The number of benzene rings is 1. The van der Waals surface area contributed by atoms with E-state index in [0.29, 0.717) is 5.96 Å². The van der Waals surface area contributed by atoms with E-state index >= 15 is 0 Å². The van der Waals surface area contributed by atoms with E-state index < -0.39 is 5.66 Å². The van der Waals surface area contributed by atoms with Crippen molar-refractivity contribution in [3.63, 3.8) is 0 Å². The third-order valence-electron chi connectivity index (χ3n) is 4.16. The van der Waals surface area contributed by atoms with Gasteiger partial charge in [-0.3, -0.25) is 4.90 Å². The van der Waals surface area contributed by atoms with E-state index in [1.807, 2.05) is 18.7 Å². The summed E-state index contributed by atoms with van der Waals surface area (Å²) >= 11 is 0. The van der Waals surface area contributed by atoms with Crippen molar-refractivity contribution in [2.45, 2.75) is 65.0 Å². The molecule has 0 atom stereocenters. The van der Waals surface area contributed by atoms with Crippen LogP contribution >= 0.6 is 0 Å². The molecule has 1 aromatic rings. The Labute approximate surface area is 139 Å². The van der Waals surface area contributed by atoms with Gasteiger partial charge in [0, 0.05) is 5.69 Å². The fourth-order valence-electron chi connectivity index (χ4n) is 3.00. The first-order valence-electron chi connectivity index (χ1n) is 8.52. The zero-order valence-electron chi connectivity index (χ0n) is 14.5. The van der Waals surface area contributed by atoms with Gasteiger partial charge in [-0.2, -0.15) is 4.99 Å². The maximum absolute atomic E-state index is 6.06. The van der Waals surface area contributed by atoms with Crippen molar-refractivity contribution in [2.24, 2.45) is 21.5 Å². The number of nitrogens with two attached hydrogens (primary N) is 2. The highest BCUT2D eigenvalue weighted by atomic mass is 15.4. The van der Waals surface area contributed by atoms with Crippen molar-refractivity contribution in [2.75, 3.05) is 4.90 Å². The van der Waals surface area contributed by atoms with Gasteiger partial charge in [-0.15, -0.1) is 0 Å². The number of hydrogen-bond acceptors (Lipinski definition) is 5. The Morgan fingerprint density at radius 1 is 1.00 bits per heavy atom. The first-order valence-corrected chi connectivity index (χ1v) is 8.52. The lowest BCUT2D eigenvalue weighted by Gasteiger charge is -2.38. The van der Waals surface area contributed by atoms with Gasteiger partial charge in [-0.05, 0) is 44.4 Å². The lowest BCUT2D eigenvalue weighted by atomic mass is 10.0. The molecule has 0 aromatic heterocycles. The van der Waals surface area contributed by atoms with Crippen molar-refractivity contribution in [1.29, 1.82) is 0 Å². The molecule has 0 aliphatic carbocycles. The number of aliphatic imine (C=N–C) groups is 2. The van der Waals surface area contributed by atoms with Crippen LogP contribution in [0, 0.1) is 0 Å². The molecule has 4 N–H and O–H groups in total. The van der Waals surface area contributed by atoms with Crippen molar-refractivity contribution >= 4 is 17.6 Å². The Hall–Kier alpha value is -2.04. The highest BCUT2D eigenvalue weighted by Gasteiger charge is 2.32. The standard InChI is InChI=1S/C18H29N5/c1-4-5-6-7-8-9-14-10-12-15(13-11-14)23-17(20)21-16(19)22-18(23,2)3/h10-13H,4-9H2,1-3H3,(H4,19,20,21,22). The number of rotatable bonds is 7. The van der Waals surface area contributed by atoms with Crippen molar-refractivity contribution in [3.8, 4) is 0 Å². The molecule has 0 saturated carbocycles. The molecule has 2 rings (SSSR count). The molecule has 126 valence electrons. The number of guanidine groups is 2. The monoisotopic (exact) mass is 315 g/mol. The summed E-state index contributed by atoms with van der Waals surface area (Å²) in [6.45, 7) is 6.19. The molecular formula is C18H29N5. The lowest BCUT2D eigenvalue weighted by Crippen LogP contribution is -2.54. The maximum Gasteiger partial charge on any atom is 0.220 e. The van der Waals surface area contributed by atoms with Crippen LogP contribution in [-0.2, 0) is 6.42 Å². The van der Waals surface area contributed by atoms with Gasteiger partial charge in [0.25, 0.3) is 0 Å². The Morgan fingerprint density at radius 2 is 1.65 bits per heavy atom. The zero-order chi connectivity index (χ0) is 16.9. The van der Waals surface area contributed by atoms with Gasteiger partial charge in [0.05, 0.1) is 0 Å². The molecule has 0 saturated heterocycles. The average Bonchev–Trinajstić information content (AvgIpc) is 2.46. The summed E-state index contributed by atoms with van der Waals surface area (Å²) in [6.07, 6.45) is 7.65. The summed E-state index contributed by atoms with van der Waals surface area (Å²) in [7, 11) is 0.